The molecule has 0 aliphatic carbocycles. The van der Waals surface area contributed by atoms with Gasteiger partial charge in [-0.15, -0.1) is 0 Å². The monoisotopic (exact) mass is 484 g/mol. The Morgan fingerprint density at radius 3 is 2.58 bits per heavy atom. The van der Waals surface area contributed by atoms with Crippen molar-refractivity contribution in [3.8, 4) is 11.4 Å². The van der Waals surface area contributed by atoms with Crippen molar-refractivity contribution in [3.63, 3.8) is 0 Å². The summed E-state index contributed by atoms with van der Waals surface area (Å²) in [5.41, 5.74) is 4.12. The number of nitrogens with zero attached hydrogens (tertiary/aromatic N) is 3. The van der Waals surface area contributed by atoms with E-state index in [-0.39, 0.29) is 11.9 Å². The Hall–Kier alpha value is -4.46. The lowest BCUT2D eigenvalue weighted by Crippen LogP contribution is -2.26. The Labute approximate surface area is 209 Å². The highest BCUT2D eigenvalue weighted by molar-refractivity contribution is 5.94. The number of hydrogen-bond donors (Lipinski definition) is 1. The van der Waals surface area contributed by atoms with Crippen LogP contribution in [-0.2, 0) is 11.3 Å². The lowest BCUT2D eigenvalue weighted by molar-refractivity contribution is 0.0525. The maximum Gasteiger partial charge on any atom is 0.341 e. The number of rotatable bonds is 9. The van der Waals surface area contributed by atoms with E-state index in [0.717, 1.165) is 16.9 Å². The molecule has 1 unspecified atom stereocenters. The number of hydrogen-bond acceptors (Lipinski definition) is 6. The van der Waals surface area contributed by atoms with Crippen molar-refractivity contribution in [3.05, 3.63) is 107 Å². The maximum atomic E-state index is 12.9. The van der Waals surface area contributed by atoms with Gasteiger partial charge in [0.15, 0.2) is 0 Å². The second kappa shape index (κ2) is 11.3. The summed E-state index contributed by atoms with van der Waals surface area (Å²) in [7, 11) is 0. The zero-order chi connectivity index (χ0) is 25.5. The molecule has 0 spiro atoms. The molecular formula is C28H28N4O4. The average Bonchev–Trinajstić information content (AvgIpc) is 3.29. The molecule has 0 fully saturated rings. The molecule has 1 N–H and O–H groups in total. The van der Waals surface area contributed by atoms with E-state index >= 15 is 0 Å². The Morgan fingerprint density at radius 2 is 1.86 bits per heavy atom. The SMILES string of the molecule is CCOC(=O)c1cnn(-c2ccc(C(=O)NC(C)c3cccc(OCc4ccccn4)c3)cc2)c1C. The number of nitrogens with one attached hydrogen (secondary N) is 1. The quantitative estimate of drug-likeness (QED) is 0.342. The van der Waals surface area contributed by atoms with E-state index in [2.05, 4.69) is 15.4 Å². The number of ether oxygens (including phenoxy) is 2. The first-order valence-corrected chi connectivity index (χ1v) is 11.7. The van der Waals surface area contributed by atoms with E-state index in [0.29, 0.717) is 35.8 Å². The number of carbonyl (C=O) groups is 2. The minimum absolute atomic E-state index is 0.196. The highest BCUT2D eigenvalue weighted by Gasteiger charge is 2.17. The average molecular weight is 485 g/mol. The van der Waals surface area contributed by atoms with E-state index in [1.165, 1.54) is 6.20 Å². The fraction of sp³-hybridized carbons (Fsp3) is 0.214. The van der Waals surface area contributed by atoms with Crippen LogP contribution in [0.25, 0.3) is 5.69 Å². The summed E-state index contributed by atoms with van der Waals surface area (Å²) in [5.74, 6) is 0.107. The third kappa shape index (κ3) is 5.78. The highest BCUT2D eigenvalue weighted by atomic mass is 16.5. The zero-order valence-electron chi connectivity index (χ0n) is 20.5. The topological polar surface area (TPSA) is 95.3 Å². The van der Waals surface area contributed by atoms with Crippen LogP contribution in [0.1, 0.15) is 57.6 Å². The van der Waals surface area contributed by atoms with Crippen molar-refractivity contribution in [2.24, 2.45) is 0 Å². The van der Waals surface area contributed by atoms with Gasteiger partial charge in [-0.25, -0.2) is 9.48 Å². The number of esters is 1. The normalized spacial score (nSPS) is 11.5. The number of amides is 1. The second-order valence-corrected chi connectivity index (χ2v) is 8.20. The van der Waals surface area contributed by atoms with Gasteiger partial charge in [0.05, 0.1) is 35.9 Å². The van der Waals surface area contributed by atoms with Crippen molar-refractivity contribution in [2.75, 3.05) is 6.61 Å². The van der Waals surface area contributed by atoms with Gasteiger partial charge >= 0.3 is 5.97 Å². The Kier molecular flexibility index (Phi) is 7.75. The lowest BCUT2D eigenvalue weighted by Gasteiger charge is -2.16. The molecule has 2 aromatic carbocycles. The van der Waals surface area contributed by atoms with Crippen LogP contribution in [0.4, 0.5) is 0 Å². The summed E-state index contributed by atoms with van der Waals surface area (Å²) in [6.45, 7) is 6.16. The third-order valence-corrected chi connectivity index (χ3v) is 5.70. The van der Waals surface area contributed by atoms with Crippen LogP contribution in [0, 0.1) is 6.92 Å². The summed E-state index contributed by atoms with van der Waals surface area (Å²) in [4.78, 5) is 29.2. The van der Waals surface area contributed by atoms with Crippen LogP contribution in [0.5, 0.6) is 5.75 Å². The molecule has 2 heterocycles. The number of pyridine rings is 1. The van der Waals surface area contributed by atoms with E-state index in [1.807, 2.05) is 49.4 Å². The zero-order valence-corrected chi connectivity index (χ0v) is 20.5. The van der Waals surface area contributed by atoms with Crippen molar-refractivity contribution in [2.45, 2.75) is 33.4 Å². The molecule has 0 bridgehead atoms. The summed E-state index contributed by atoms with van der Waals surface area (Å²) in [5, 5.41) is 7.32. The van der Waals surface area contributed by atoms with Crippen LogP contribution < -0.4 is 10.1 Å². The van der Waals surface area contributed by atoms with Crippen LogP contribution >= 0.6 is 0 Å². The largest absolute Gasteiger partial charge is 0.487 e. The summed E-state index contributed by atoms with van der Waals surface area (Å²) >= 11 is 0. The number of aromatic nitrogens is 3. The predicted octanol–water partition coefficient (Wildman–Crippen LogP) is 4.82. The van der Waals surface area contributed by atoms with E-state index in [1.54, 1.807) is 49.0 Å². The highest BCUT2D eigenvalue weighted by Crippen LogP contribution is 2.21. The standard InChI is InChI=1S/C28H28N4O4/c1-4-35-28(34)26-17-30-32(20(26)3)24-13-11-21(12-14-24)27(33)31-19(2)22-8-7-10-25(16-22)36-18-23-9-5-6-15-29-23/h5-17,19H,4,18H2,1-3H3,(H,31,33). The van der Waals surface area contributed by atoms with Crippen LogP contribution in [0.2, 0.25) is 0 Å². The van der Waals surface area contributed by atoms with Gasteiger partial charge in [-0.3, -0.25) is 9.78 Å². The van der Waals surface area contributed by atoms with Gasteiger partial charge in [0.25, 0.3) is 5.91 Å². The molecule has 0 aliphatic rings. The minimum Gasteiger partial charge on any atom is -0.487 e. The predicted molar refractivity (Wildman–Crippen MR) is 135 cm³/mol. The minimum atomic E-state index is -0.405. The first kappa shape index (κ1) is 24.7. The Balaban J connectivity index is 1.39. The van der Waals surface area contributed by atoms with Gasteiger partial charge in [-0.2, -0.15) is 5.10 Å². The maximum absolute atomic E-state index is 12.9. The summed E-state index contributed by atoms with van der Waals surface area (Å²) < 4.78 is 12.6. The first-order valence-electron chi connectivity index (χ1n) is 11.7. The van der Waals surface area contributed by atoms with E-state index in [9.17, 15) is 9.59 Å². The van der Waals surface area contributed by atoms with Gasteiger partial charge in [-0.1, -0.05) is 18.2 Å². The van der Waals surface area contributed by atoms with E-state index in [4.69, 9.17) is 9.47 Å². The van der Waals surface area contributed by atoms with Crippen molar-refractivity contribution >= 4 is 11.9 Å². The van der Waals surface area contributed by atoms with Crippen LogP contribution in [0.15, 0.2) is 79.1 Å². The molecule has 0 aliphatic heterocycles. The Bertz CT molecular complexity index is 1330. The molecule has 36 heavy (non-hydrogen) atoms. The van der Waals surface area contributed by atoms with Gasteiger partial charge < -0.3 is 14.8 Å². The fourth-order valence-electron chi connectivity index (χ4n) is 3.71. The fourth-order valence-corrected chi connectivity index (χ4v) is 3.71. The second-order valence-electron chi connectivity index (χ2n) is 8.20. The molecule has 184 valence electrons. The molecule has 1 amide bonds. The third-order valence-electron chi connectivity index (χ3n) is 5.70. The molecule has 8 heteroatoms. The Morgan fingerprint density at radius 1 is 1.06 bits per heavy atom. The number of carbonyl (C=O) groups excluding carboxylic acids is 2. The van der Waals surface area contributed by atoms with Crippen LogP contribution in [0.3, 0.4) is 0 Å². The molecule has 0 radical (unpaired) electrons. The van der Waals surface area contributed by atoms with E-state index < -0.39 is 5.97 Å². The molecule has 1 atom stereocenters. The smallest absolute Gasteiger partial charge is 0.341 e. The lowest BCUT2D eigenvalue weighted by atomic mass is 10.1. The summed E-state index contributed by atoms with van der Waals surface area (Å²) in [6.07, 6.45) is 3.22. The van der Waals surface area contributed by atoms with Crippen LogP contribution in [-0.4, -0.2) is 33.2 Å². The number of benzene rings is 2. The van der Waals surface area contributed by atoms with Gasteiger partial charge in [0.1, 0.15) is 17.9 Å². The van der Waals surface area contributed by atoms with Crippen molar-refractivity contribution < 1.29 is 19.1 Å². The van der Waals surface area contributed by atoms with Crippen molar-refractivity contribution in [1.82, 2.24) is 20.1 Å². The summed E-state index contributed by atoms with van der Waals surface area (Å²) in [6, 6.07) is 20.2. The molecule has 2 aromatic heterocycles. The van der Waals surface area contributed by atoms with Gasteiger partial charge in [0.2, 0.25) is 0 Å². The molecule has 0 saturated heterocycles. The molecular weight excluding hydrogens is 456 g/mol. The molecule has 8 nitrogen and oxygen atoms in total. The first-order chi connectivity index (χ1) is 17.5. The van der Waals surface area contributed by atoms with Gasteiger partial charge in [0, 0.05) is 11.8 Å². The van der Waals surface area contributed by atoms with Gasteiger partial charge in [-0.05, 0) is 74.9 Å². The molecule has 4 rings (SSSR count). The molecule has 0 saturated carbocycles. The molecule has 4 aromatic rings. The van der Waals surface area contributed by atoms with Crippen molar-refractivity contribution in [1.29, 1.82) is 0 Å².